The molecule has 0 fully saturated rings. The molecule has 0 spiro atoms. The van der Waals surface area contributed by atoms with Crippen molar-refractivity contribution in [1.82, 2.24) is 3.89 Å². The van der Waals surface area contributed by atoms with Crippen molar-refractivity contribution in [3.05, 3.63) is 36.0 Å². The van der Waals surface area contributed by atoms with Gasteiger partial charge in [0.25, 0.3) is 0 Å². The first-order valence-corrected chi connectivity index (χ1v) is 13.7. The van der Waals surface area contributed by atoms with Gasteiger partial charge in [-0.1, -0.05) is 53.7 Å². The Balaban J connectivity index is 2.65. The lowest BCUT2D eigenvalue weighted by atomic mass is 10.2. The summed E-state index contributed by atoms with van der Waals surface area (Å²) < 4.78 is 6.07. The van der Waals surface area contributed by atoms with Crippen LogP contribution in [0.2, 0.25) is 16.6 Å². The summed E-state index contributed by atoms with van der Waals surface area (Å²) in [7, 11) is -1.93. The third-order valence-corrected chi connectivity index (χ3v) is 18.0. The quantitative estimate of drug-likeness (QED) is 0.284. The lowest BCUT2D eigenvalue weighted by molar-refractivity contribution is 0.0461. The number of carbonyl (C=O) groups excluding carboxylic acids is 1. The second-order valence-corrected chi connectivity index (χ2v) is 18.0. The molecule has 5 heteroatoms. The normalized spacial score (nSPS) is 19.9. The van der Waals surface area contributed by atoms with E-state index in [0.29, 0.717) is 16.6 Å². The Bertz CT molecular complexity index is 699. The van der Waals surface area contributed by atoms with Gasteiger partial charge in [0.05, 0.1) is 11.4 Å². The first-order chi connectivity index (χ1) is 12.4. The van der Waals surface area contributed by atoms with Gasteiger partial charge in [-0.2, -0.15) is 4.79 Å². The predicted molar refractivity (Wildman–Crippen MR) is 122 cm³/mol. The fourth-order valence-corrected chi connectivity index (χ4v) is 14.1. The summed E-state index contributed by atoms with van der Waals surface area (Å²) in [6, 6.07) is 8.21. The maximum Gasteiger partial charge on any atom is 0.538 e. The van der Waals surface area contributed by atoms with E-state index in [1.54, 1.807) is 0 Å². The molecule has 1 heterocycles. The lowest BCUT2D eigenvalue weighted by Gasteiger charge is -2.44. The van der Waals surface area contributed by atoms with Gasteiger partial charge in [-0.15, -0.1) is 3.89 Å². The van der Waals surface area contributed by atoms with Crippen LogP contribution in [-0.4, -0.2) is 18.9 Å². The van der Waals surface area contributed by atoms with Gasteiger partial charge in [-0.05, 0) is 43.5 Å². The summed E-state index contributed by atoms with van der Waals surface area (Å²) in [6.07, 6.45) is 3.93. The van der Waals surface area contributed by atoms with Gasteiger partial charge in [0.1, 0.15) is 11.8 Å². The fourth-order valence-electron chi connectivity index (χ4n) is 4.37. The highest BCUT2D eigenvalue weighted by atomic mass is 32.4. The number of hydrogen-bond acceptors (Lipinski definition) is 3. The second kappa shape index (κ2) is 7.76. The number of para-hydroxylation sites is 1. The average molecular weight is 407 g/mol. The van der Waals surface area contributed by atoms with Crippen LogP contribution in [-0.2, 0) is 4.74 Å². The highest BCUT2D eigenvalue weighted by Crippen LogP contribution is 2.56. The molecule has 1 aliphatic rings. The Morgan fingerprint density at radius 1 is 1.00 bits per heavy atom. The molecule has 1 amide bonds. The lowest BCUT2D eigenvalue weighted by Crippen LogP contribution is -2.54. The molecule has 1 aromatic carbocycles. The van der Waals surface area contributed by atoms with Gasteiger partial charge in [-0.25, -0.2) is 0 Å². The minimum atomic E-state index is -1.93. The van der Waals surface area contributed by atoms with Crippen molar-refractivity contribution >= 4 is 36.5 Å². The Morgan fingerprint density at radius 3 is 2.00 bits per heavy atom. The molecule has 0 saturated carbocycles. The number of fused-ring (bicyclic) bond motifs is 1. The van der Waals surface area contributed by atoms with E-state index in [-0.39, 0.29) is 9.98 Å². The van der Waals surface area contributed by atoms with Crippen LogP contribution in [0, 0.1) is 0 Å². The van der Waals surface area contributed by atoms with E-state index in [0.717, 1.165) is 11.3 Å². The summed E-state index contributed by atoms with van der Waals surface area (Å²) in [5.41, 5.74) is 3.24. The smallest absolute Gasteiger partial charge is 0.413 e. The van der Waals surface area contributed by atoms with Crippen molar-refractivity contribution in [3.8, 4) is 0 Å². The van der Waals surface area contributed by atoms with E-state index in [4.69, 9.17) is 4.74 Å². The molecule has 0 saturated heterocycles. The summed E-state index contributed by atoms with van der Waals surface area (Å²) in [5.74, 6) is 0. The van der Waals surface area contributed by atoms with Crippen LogP contribution in [0.25, 0.3) is 6.08 Å². The number of benzene rings is 1. The summed E-state index contributed by atoms with van der Waals surface area (Å²) in [5, 5.41) is 0. The highest BCUT2D eigenvalue weighted by Gasteiger charge is 2.58. The SMILES string of the molecule is CC(C)[Si](S[N@@+]1(C(=O)OC(C)(C)C)C=Cc2ccccc21)(C(C)C)C(C)C. The monoisotopic (exact) mass is 406 g/mol. The van der Waals surface area contributed by atoms with E-state index in [1.165, 1.54) is 0 Å². The predicted octanol–water partition coefficient (Wildman–Crippen LogP) is 7.74. The molecule has 0 aliphatic carbocycles. The largest absolute Gasteiger partial charge is 0.538 e. The number of nitrogens with zero attached hydrogens (tertiary/aromatic N) is 1. The molecule has 150 valence electrons. The van der Waals surface area contributed by atoms with Crippen LogP contribution in [0.1, 0.15) is 67.9 Å². The van der Waals surface area contributed by atoms with E-state index in [2.05, 4.69) is 59.8 Å². The third kappa shape index (κ3) is 4.05. The number of carbonyl (C=O) groups is 1. The zero-order valence-corrected chi connectivity index (χ0v) is 20.2. The molecule has 0 unspecified atom stereocenters. The first kappa shape index (κ1) is 22.2. The number of quaternary nitrogens is 1. The van der Waals surface area contributed by atoms with Gasteiger partial charge in [-0.3, -0.25) is 0 Å². The minimum Gasteiger partial charge on any atom is -0.413 e. The van der Waals surface area contributed by atoms with E-state index >= 15 is 0 Å². The third-order valence-electron chi connectivity index (χ3n) is 5.43. The van der Waals surface area contributed by atoms with E-state index in [9.17, 15) is 4.79 Å². The molecule has 0 bridgehead atoms. The minimum absolute atomic E-state index is 0.119. The first-order valence-electron chi connectivity index (χ1n) is 9.98. The Labute approximate surface area is 170 Å². The van der Waals surface area contributed by atoms with Crippen LogP contribution in [0.15, 0.2) is 30.5 Å². The highest BCUT2D eigenvalue weighted by molar-refractivity contribution is 8.29. The second-order valence-electron chi connectivity index (χ2n) is 9.42. The van der Waals surface area contributed by atoms with Crippen molar-refractivity contribution < 1.29 is 9.53 Å². The van der Waals surface area contributed by atoms with Crippen LogP contribution < -0.4 is 3.89 Å². The number of amides is 1. The fraction of sp³-hybridized carbons (Fsp3) is 0.591. The van der Waals surface area contributed by atoms with Gasteiger partial charge >= 0.3 is 6.09 Å². The van der Waals surface area contributed by atoms with E-state index < -0.39 is 12.8 Å². The van der Waals surface area contributed by atoms with E-state index in [1.807, 2.05) is 50.5 Å². The molecular formula is C22H36NO2SSi+. The summed E-state index contributed by atoms with van der Waals surface area (Å²) in [6.45, 7) is 19.8. The van der Waals surface area contributed by atoms with Crippen molar-refractivity contribution in [1.29, 1.82) is 0 Å². The molecule has 1 aromatic rings. The average Bonchev–Trinajstić information content (AvgIpc) is 2.90. The molecule has 0 radical (unpaired) electrons. The van der Waals surface area contributed by atoms with Gasteiger partial charge in [0.2, 0.25) is 7.22 Å². The van der Waals surface area contributed by atoms with Crippen molar-refractivity contribution in [2.75, 3.05) is 0 Å². The van der Waals surface area contributed by atoms with Gasteiger partial charge in [0, 0.05) is 17.7 Å². The van der Waals surface area contributed by atoms with Crippen LogP contribution in [0.5, 0.6) is 0 Å². The Hall–Kier alpha value is -1.04. The van der Waals surface area contributed by atoms with Crippen LogP contribution in [0.4, 0.5) is 10.5 Å². The van der Waals surface area contributed by atoms with Gasteiger partial charge in [0.15, 0.2) is 5.69 Å². The standard InChI is InChI=1S/C22H36NO2SSi/c1-16(2)27(17(3)4,18(5)6)26-23(21(24)25-22(7,8)9)15-14-19-12-10-11-13-20(19)23/h10-18H,1-9H3/q+1/t23-/m0/s1. The topological polar surface area (TPSA) is 26.3 Å². The molecule has 2 rings (SSSR count). The zero-order chi connectivity index (χ0) is 20.6. The molecule has 27 heavy (non-hydrogen) atoms. The molecule has 1 aliphatic heterocycles. The molecular weight excluding hydrogens is 370 g/mol. The van der Waals surface area contributed by atoms with Crippen molar-refractivity contribution in [2.24, 2.45) is 0 Å². The molecule has 0 aromatic heterocycles. The maximum atomic E-state index is 13.6. The Kier molecular flexibility index (Phi) is 6.40. The Morgan fingerprint density at radius 2 is 1.52 bits per heavy atom. The number of hydrogen-bond donors (Lipinski definition) is 0. The molecule has 3 nitrogen and oxygen atoms in total. The number of ether oxygens (including phenoxy) is 1. The van der Waals surface area contributed by atoms with Crippen LogP contribution in [0.3, 0.4) is 0 Å². The van der Waals surface area contributed by atoms with Crippen LogP contribution >= 0.6 is 11.4 Å². The summed E-state index contributed by atoms with van der Waals surface area (Å²) in [4.78, 5) is 13.6. The van der Waals surface area contributed by atoms with Crippen molar-refractivity contribution in [3.63, 3.8) is 0 Å². The summed E-state index contributed by atoms with van der Waals surface area (Å²) >= 11 is 1.88. The number of rotatable bonds is 5. The zero-order valence-electron chi connectivity index (χ0n) is 18.4. The maximum absolute atomic E-state index is 13.6. The molecule has 0 N–H and O–H groups in total. The van der Waals surface area contributed by atoms with Crippen molar-refractivity contribution in [2.45, 2.75) is 84.5 Å². The van der Waals surface area contributed by atoms with Gasteiger partial charge < -0.3 is 4.74 Å². The molecule has 1 atom stereocenters.